The Balaban J connectivity index is 1.33. The number of halogens is 2. The van der Waals surface area contributed by atoms with Crippen LogP contribution in [0.2, 0.25) is 0 Å². The smallest absolute Gasteiger partial charge is 0.251 e. The Hall–Kier alpha value is -3.05. The molecule has 0 aliphatic carbocycles. The number of rotatable bonds is 6. The molecule has 1 aliphatic rings. The number of nitrogens with one attached hydrogen (secondary N) is 1. The first-order chi connectivity index (χ1) is 15.1. The van der Waals surface area contributed by atoms with Gasteiger partial charge in [0.1, 0.15) is 0 Å². The predicted molar refractivity (Wildman–Crippen MR) is 118 cm³/mol. The van der Waals surface area contributed by atoms with E-state index in [0.717, 1.165) is 49.0 Å². The summed E-state index contributed by atoms with van der Waals surface area (Å²) in [6.07, 6.45) is 2.38. The van der Waals surface area contributed by atoms with Crippen LogP contribution in [-0.4, -0.2) is 29.9 Å². The van der Waals surface area contributed by atoms with Crippen molar-refractivity contribution in [2.45, 2.75) is 31.8 Å². The minimum Gasteiger partial charge on any atom is -0.349 e. The van der Waals surface area contributed by atoms with E-state index in [4.69, 9.17) is 0 Å². The first kappa shape index (κ1) is 21.2. The summed E-state index contributed by atoms with van der Waals surface area (Å²) < 4.78 is 26.5. The molecular weight excluding hydrogens is 394 g/mol. The highest BCUT2D eigenvalue weighted by Gasteiger charge is 2.22. The van der Waals surface area contributed by atoms with Crippen LogP contribution < -0.4 is 5.32 Å². The summed E-state index contributed by atoms with van der Waals surface area (Å²) >= 11 is 0. The van der Waals surface area contributed by atoms with Crippen molar-refractivity contribution in [2.75, 3.05) is 13.1 Å². The van der Waals surface area contributed by atoms with Crippen LogP contribution in [0, 0.1) is 11.6 Å². The fraction of sp³-hybridized carbons (Fsp3) is 0.269. The summed E-state index contributed by atoms with van der Waals surface area (Å²) in [6.45, 7) is 2.18. The van der Waals surface area contributed by atoms with E-state index in [9.17, 15) is 13.6 Å². The Kier molecular flexibility index (Phi) is 6.73. The van der Waals surface area contributed by atoms with Crippen LogP contribution in [0.3, 0.4) is 0 Å². The average Bonchev–Trinajstić information content (AvgIpc) is 2.79. The van der Waals surface area contributed by atoms with Crippen molar-refractivity contribution < 1.29 is 13.6 Å². The molecule has 0 radical (unpaired) electrons. The monoisotopic (exact) mass is 420 g/mol. The van der Waals surface area contributed by atoms with Gasteiger partial charge in [0.25, 0.3) is 5.91 Å². The van der Waals surface area contributed by atoms with Gasteiger partial charge in [0.2, 0.25) is 0 Å². The Bertz CT molecular complexity index is 1030. The fourth-order valence-corrected chi connectivity index (χ4v) is 4.11. The lowest BCUT2D eigenvalue weighted by molar-refractivity contribution is 0.0908. The van der Waals surface area contributed by atoms with Crippen molar-refractivity contribution in [3.8, 4) is 0 Å². The van der Waals surface area contributed by atoms with Crippen LogP contribution in [0.5, 0.6) is 0 Å². The predicted octanol–water partition coefficient (Wildman–Crippen LogP) is 4.95. The van der Waals surface area contributed by atoms with Gasteiger partial charge in [-0.05, 0) is 54.2 Å². The number of carbonyl (C=O) groups excluding carboxylic acids is 1. The molecule has 0 atom stereocenters. The zero-order valence-electron chi connectivity index (χ0n) is 17.4. The second kappa shape index (κ2) is 9.84. The highest BCUT2D eigenvalue weighted by atomic mass is 19.2. The van der Waals surface area contributed by atoms with Crippen molar-refractivity contribution >= 4 is 5.91 Å². The third kappa shape index (κ3) is 5.56. The summed E-state index contributed by atoms with van der Waals surface area (Å²) in [6, 6.07) is 22.0. The van der Waals surface area contributed by atoms with E-state index in [0.29, 0.717) is 6.54 Å². The molecule has 1 fully saturated rings. The molecule has 0 spiro atoms. The first-order valence-corrected chi connectivity index (χ1v) is 10.7. The van der Waals surface area contributed by atoms with Gasteiger partial charge < -0.3 is 5.32 Å². The van der Waals surface area contributed by atoms with Crippen molar-refractivity contribution in [3.63, 3.8) is 0 Å². The molecule has 4 rings (SSSR count). The van der Waals surface area contributed by atoms with Gasteiger partial charge in [-0.3, -0.25) is 9.69 Å². The van der Waals surface area contributed by atoms with Crippen molar-refractivity contribution in [3.05, 3.63) is 107 Å². The van der Waals surface area contributed by atoms with Crippen LogP contribution in [0.1, 0.15) is 39.9 Å². The molecule has 3 aromatic rings. The third-order valence-corrected chi connectivity index (χ3v) is 5.81. The van der Waals surface area contributed by atoms with Gasteiger partial charge in [0, 0.05) is 31.2 Å². The van der Waals surface area contributed by atoms with E-state index < -0.39 is 11.6 Å². The summed E-state index contributed by atoms with van der Waals surface area (Å²) in [5.41, 5.74) is 3.67. The number of piperidine rings is 1. The molecule has 160 valence electrons. The summed E-state index contributed by atoms with van der Waals surface area (Å²) in [5, 5.41) is 3.19. The maximum absolute atomic E-state index is 13.4. The van der Waals surface area contributed by atoms with E-state index in [1.165, 1.54) is 17.7 Å². The number of hydrogen-bond donors (Lipinski definition) is 1. The van der Waals surface area contributed by atoms with Gasteiger partial charge in [0.05, 0.1) is 0 Å². The molecule has 3 nitrogen and oxygen atoms in total. The van der Waals surface area contributed by atoms with Gasteiger partial charge in [-0.15, -0.1) is 0 Å². The second-order valence-electron chi connectivity index (χ2n) is 8.09. The first-order valence-electron chi connectivity index (χ1n) is 10.7. The maximum Gasteiger partial charge on any atom is 0.251 e. The lowest BCUT2D eigenvalue weighted by Crippen LogP contribution is -2.44. The molecule has 0 saturated carbocycles. The van der Waals surface area contributed by atoms with Gasteiger partial charge in [0.15, 0.2) is 11.6 Å². The van der Waals surface area contributed by atoms with Crippen LogP contribution >= 0.6 is 0 Å². The molecular formula is C26H26F2N2O. The normalized spacial score (nSPS) is 15.0. The second-order valence-corrected chi connectivity index (χ2v) is 8.09. The minimum atomic E-state index is -0.822. The van der Waals surface area contributed by atoms with Gasteiger partial charge in [-0.1, -0.05) is 54.6 Å². The lowest BCUT2D eigenvalue weighted by Gasteiger charge is -2.32. The quantitative estimate of drug-likeness (QED) is 0.612. The lowest BCUT2D eigenvalue weighted by atomic mass is 9.98. The maximum atomic E-state index is 13.4. The number of benzene rings is 3. The molecule has 3 aromatic carbocycles. The summed E-state index contributed by atoms with van der Waals surface area (Å²) in [7, 11) is 0. The average molecular weight is 421 g/mol. The topological polar surface area (TPSA) is 32.3 Å². The highest BCUT2D eigenvalue weighted by molar-refractivity contribution is 5.96. The Morgan fingerprint density at radius 2 is 1.58 bits per heavy atom. The highest BCUT2D eigenvalue weighted by Crippen LogP contribution is 2.18. The SMILES string of the molecule is O=C(NC1CCN(Cc2ccc(F)c(F)c2)CC1)c1ccccc1Cc1ccccc1. The van der Waals surface area contributed by atoms with Crippen LogP contribution in [0.15, 0.2) is 72.8 Å². The number of likely N-dealkylation sites (tertiary alicyclic amines) is 1. The Labute approximate surface area is 181 Å². The van der Waals surface area contributed by atoms with Gasteiger partial charge in [-0.25, -0.2) is 8.78 Å². The largest absolute Gasteiger partial charge is 0.349 e. The molecule has 0 unspecified atom stereocenters. The van der Waals surface area contributed by atoms with Gasteiger partial charge in [-0.2, -0.15) is 0 Å². The number of nitrogens with zero attached hydrogens (tertiary/aromatic N) is 1. The minimum absolute atomic E-state index is 0.0365. The zero-order chi connectivity index (χ0) is 21.6. The van der Waals surface area contributed by atoms with Gasteiger partial charge >= 0.3 is 0 Å². The standard InChI is InChI=1S/C26H26F2N2O/c27-24-11-10-20(17-25(24)28)18-30-14-12-22(13-15-30)29-26(31)23-9-5-4-8-21(23)16-19-6-2-1-3-7-19/h1-11,17,22H,12-16,18H2,(H,29,31). The summed E-state index contributed by atoms with van der Waals surface area (Å²) in [4.78, 5) is 15.2. The molecule has 5 heteroatoms. The van der Waals surface area contributed by atoms with E-state index >= 15 is 0 Å². The molecule has 1 saturated heterocycles. The van der Waals surface area contributed by atoms with E-state index in [1.807, 2.05) is 42.5 Å². The van der Waals surface area contributed by atoms with E-state index in [1.54, 1.807) is 6.07 Å². The Morgan fingerprint density at radius 1 is 0.871 bits per heavy atom. The van der Waals surface area contributed by atoms with Crippen LogP contribution in [0.25, 0.3) is 0 Å². The van der Waals surface area contributed by atoms with Crippen molar-refractivity contribution in [1.82, 2.24) is 10.2 Å². The molecule has 1 heterocycles. The summed E-state index contributed by atoms with van der Waals surface area (Å²) in [5.74, 6) is -1.67. The van der Waals surface area contributed by atoms with E-state index in [2.05, 4.69) is 22.3 Å². The number of amides is 1. The molecule has 0 bridgehead atoms. The zero-order valence-corrected chi connectivity index (χ0v) is 17.4. The van der Waals surface area contributed by atoms with E-state index in [-0.39, 0.29) is 11.9 Å². The number of carbonyl (C=O) groups is 1. The molecule has 1 amide bonds. The fourth-order valence-electron chi connectivity index (χ4n) is 4.11. The number of hydrogen-bond acceptors (Lipinski definition) is 2. The Morgan fingerprint density at radius 3 is 2.32 bits per heavy atom. The van der Waals surface area contributed by atoms with Crippen LogP contribution in [0.4, 0.5) is 8.78 Å². The molecule has 1 N–H and O–H groups in total. The molecule has 1 aliphatic heterocycles. The van der Waals surface area contributed by atoms with Crippen LogP contribution in [-0.2, 0) is 13.0 Å². The molecule has 31 heavy (non-hydrogen) atoms. The molecule has 0 aromatic heterocycles. The van der Waals surface area contributed by atoms with Crippen molar-refractivity contribution in [1.29, 1.82) is 0 Å². The third-order valence-electron chi connectivity index (χ3n) is 5.81. The van der Waals surface area contributed by atoms with Crippen molar-refractivity contribution in [2.24, 2.45) is 0 Å².